The van der Waals surface area contributed by atoms with Crippen LogP contribution >= 0.6 is 0 Å². The summed E-state index contributed by atoms with van der Waals surface area (Å²) in [5.41, 5.74) is 2.13. The lowest BCUT2D eigenvalue weighted by atomic mass is 9.93. The Morgan fingerprint density at radius 3 is 3.04 bits per heavy atom. The highest BCUT2D eigenvalue weighted by Crippen LogP contribution is 2.31. The Bertz CT molecular complexity index is 549. The fraction of sp³-hybridized carbons (Fsp3) is 0.611. The number of amides is 2. The maximum absolute atomic E-state index is 12.1. The number of aliphatic hydroxyl groups is 1. The third kappa shape index (κ3) is 4.03. The van der Waals surface area contributed by atoms with Crippen LogP contribution in [0.2, 0.25) is 0 Å². The van der Waals surface area contributed by atoms with E-state index in [4.69, 9.17) is 4.74 Å². The van der Waals surface area contributed by atoms with Gasteiger partial charge in [-0.05, 0) is 43.2 Å². The second-order valence-electron chi connectivity index (χ2n) is 6.71. The minimum atomic E-state index is -0.547. The number of benzene rings is 1. The van der Waals surface area contributed by atoms with Crippen molar-refractivity contribution in [2.45, 2.75) is 50.9 Å². The predicted molar refractivity (Wildman–Crippen MR) is 88.2 cm³/mol. The molecule has 1 aromatic carbocycles. The molecule has 1 saturated heterocycles. The van der Waals surface area contributed by atoms with Crippen LogP contribution in [0.15, 0.2) is 24.3 Å². The first-order valence-corrected chi connectivity index (χ1v) is 8.55. The van der Waals surface area contributed by atoms with Crippen LogP contribution < -0.4 is 10.6 Å². The molecule has 0 spiro atoms. The molecule has 5 heteroatoms. The Labute approximate surface area is 137 Å². The van der Waals surface area contributed by atoms with E-state index in [1.54, 1.807) is 0 Å². The Balaban J connectivity index is 1.45. The number of hydrogen-bond donors (Lipinski definition) is 3. The van der Waals surface area contributed by atoms with Crippen molar-refractivity contribution >= 4 is 6.03 Å². The lowest BCUT2D eigenvalue weighted by molar-refractivity contribution is 0.00115. The maximum Gasteiger partial charge on any atom is 0.315 e. The number of rotatable bonds is 4. The van der Waals surface area contributed by atoms with Gasteiger partial charge in [0.25, 0.3) is 0 Å². The zero-order chi connectivity index (χ0) is 16.2. The SMILES string of the molecule is CC1CC(CCNC(=O)NC2c3ccccc3CC2O)CCO1. The third-order valence-electron chi connectivity index (χ3n) is 4.92. The second kappa shape index (κ2) is 7.32. The van der Waals surface area contributed by atoms with Gasteiger partial charge in [-0.1, -0.05) is 24.3 Å². The molecule has 1 aromatic rings. The predicted octanol–water partition coefficient (Wildman–Crippen LogP) is 2.15. The summed E-state index contributed by atoms with van der Waals surface area (Å²) >= 11 is 0. The van der Waals surface area contributed by atoms with Gasteiger partial charge in [-0.3, -0.25) is 0 Å². The number of nitrogens with one attached hydrogen (secondary N) is 2. The summed E-state index contributed by atoms with van der Waals surface area (Å²) in [4.78, 5) is 12.1. The molecule has 4 atom stereocenters. The van der Waals surface area contributed by atoms with E-state index in [1.807, 2.05) is 24.3 Å². The average molecular weight is 318 g/mol. The molecule has 126 valence electrons. The summed E-state index contributed by atoms with van der Waals surface area (Å²) in [6, 6.07) is 7.36. The van der Waals surface area contributed by atoms with Crippen LogP contribution in [0, 0.1) is 5.92 Å². The highest BCUT2D eigenvalue weighted by molar-refractivity contribution is 5.74. The van der Waals surface area contributed by atoms with Crippen LogP contribution in [0.25, 0.3) is 0 Å². The number of ether oxygens (including phenoxy) is 1. The lowest BCUT2D eigenvalue weighted by Gasteiger charge is -2.27. The number of fused-ring (bicyclic) bond motifs is 1. The van der Waals surface area contributed by atoms with Gasteiger partial charge in [0.15, 0.2) is 0 Å². The molecule has 1 aliphatic carbocycles. The molecule has 0 radical (unpaired) electrons. The van der Waals surface area contributed by atoms with E-state index >= 15 is 0 Å². The van der Waals surface area contributed by atoms with Crippen molar-refractivity contribution in [1.29, 1.82) is 0 Å². The molecule has 0 aromatic heterocycles. The number of carbonyl (C=O) groups excluding carboxylic acids is 1. The first-order chi connectivity index (χ1) is 11.1. The van der Waals surface area contributed by atoms with Gasteiger partial charge in [-0.15, -0.1) is 0 Å². The first kappa shape index (κ1) is 16.3. The third-order valence-corrected chi connectivity index (χ3v) is 4.92. The fourth-order valence-corrected chi connectivity index (χ4v) is 3.68. The van der Waals surface area contributed by atoms with Gasteiger partial charge < -0.3 is 20.5 Å². The molecule has 1 aliphatic heterocycles. The van der Waals surface area contributed by atoms with E-state index in [9.17, 15) is 9.90 Å². The summed E-state index contributed by atoms with van der Waals surface area (Å²) in [6.45, 7) is 3.59. The number of aliphatic hydroxyl groups excluding tert-OH is 1. The molecular formula is C18H26N2O3. The minimum absolute atomic E-state index is 0.203. The Kier molecular flexibility index (Phi) is 5.18. The summed E-state index contributed by atoms with van der Waals surface area (Å²) in [5.74, 6) is 0.622. The van der Waals surface area contributed by atoms with Gasteiger partial charge in [0, 0.05) is 19.6 Å². The first-order valence-electron chi connectivity index (χ1n) is 8.55. The van der Waals surface area contributed by atoms with E-state index in [1.165, 1.54) is 0 Å². The topological polar surface area (TPSA) is 70.6 Å². The normalized spacial score (nSPS) is 29.8. The van der Waals surface area contributed by atoms with E-state index in [0.29, 0.717) is 25.0 Å². The van der Waals surface area contributed by atoms with E-state index in [-0.39, 0.29) is 12.1 Å². The van der Waals surface area contributed by atoms with Crippen LogP contribution in [0.3, 0.4) is 0 Å². The monoisotopic (exact) mass is 318 g/mol. The molecule has 4 unspecified atom stereocenters. The highest BCUT2D eigenvalue weighted by Gasteiger charge is 2.31. The molecule has 0 bridgehead atoms. The Morgan fingerprint density at radius 1 is 1.39 bits per heavy atom. The van der Waals surface area contributed by atoms with Gasteiger partial charge >= 0.3 is 6.03 Å². The molecular weight excluding hydrogens is 292 g/mol. The van der Waals surface area contributed by atoms with Crippen molar-refractivity contribution in [3.63, 3.8) is 0 Å². The van der Waals surface area contributed by atoms with Gasteiger partial charge in [0.05, 0.1) is 18.2 Å². The van der Waals surface area contributed by atoms with Crippen LogP contribution in [0.5, 0.6) is 0 Å². The van der Waals surface area contributed by atoms with Crippen molar-refractivity contribution in [3.05, 3.63) is 35.4 Å². The standard InChI is InChI=1S/C18H26N2O3/c1-12-10-13(7-9-23-12)6-8-19-18(22)20-17-15-5-3-2-4-14(15)11-16(17)21/h2-5,12-13,16-17,21H,6-11H2,1H3,(H2,19,20,22). The maximum atomic E-state index is 12.1. The van der Waals surface area contributed by atoms with Crippen LogP contribution in [0.1, 0.15) is 43.4 Å². The quantitative estimate of drug-likeness (QED) is 0.796. The van der Waals surface area contributed by atoms with Gasteiger partial charge in [-0.2, -0.15) is 0 Å². The van der Waals surface area contributed by atoms with Gasteiger partial charge in [0.2, 0.25) is 0 Å². The summed E-state index contributed by atoms with van der Waals surface area (Å²) < 4.78 is 5.54. The van der Waals surface area contributed by atoms with Crippen molar-refractivity contribution in [3.8, 4) is 0 Å². The molecule has 2 amide bonds. The van der Waals surface area contributed by atoms with E-state index in [0.717, 1.165) is 37.0 Å². The second-order valence-corrected chi connectivity index (χ2v) is 6.71. The lowest BCUT2D eigenvalue weighted by Crippen LogP contribution is -2.41. The van der Waals surface area contributed by atoms with Gasteiger partial charge in [0.1, 0.15) is 0 Å². The van der Waals surface area contributed by atoms with Crippen molar-refractivity contribution < 1.29 is 14.6 Å². The minimum Gasteiger partial charge on any atom is -0.390 e. The van der Waals surface area contributed by atoms with Crippen LogP contribution in [-0.2, 0) is 11.2 Å². The van der Waals surface area contributed by atoms with Crippen LogP contribution in [0.4, 0.5) is 4.79 Å². The Hall–Kier alpha value is -1.59. The zero-order valence-corrected chi connectivity index (χ0v) is 13.6. The van der Waals surface area contributed by atoms with Crippen molar-refractivity contribution in [2.24, 2.45) is 5.92 Å². The van der Waals surface area contributed by atoms with Crippen molar-refractivity contribution in [1.82, 2.24) is 10.6 Å². The smallest absolute Gasteiger partial charge is 0.315 e. The van der Waals surface area contributed by atoms with Gasteiger partial charge in [-0.25, -0.2) is 4.79 Å². The molecule has 3 rings (SSSR count). The van der Waals surface area contributed by atoms with Crippen molar-refractivity contribution in [2.75, 3.05) is 13.2 Å². The van der Waals surface area contributed by atoms with Crippen LogP contribution in [-0.4, -0.2) is 36.5 Å². The molecule has 1 fully saturated rings. The summed E-state index contributed by atoms with van der Waals surface area (Å²) in [5, 5.41) is 16.0. The molecule has 1 heterocycles. The molecule has 2 aliphatic rings. The molecule has 5 nitrogen and oxygen atoms in total. The van der Waals surface area contributed by atoms with E-state index in [2.05, 4.69) is 17.6 Å². The Morgan fingerprint density at radius 2 is 2.22 bits per heavy atom. The highest BCUT2D eigenvalue weighted by atomic mass is 16.5. The number of urea groups is 1. The number of hydrogen-bond acceptors (Lipinski definition) is 3. The zero-order valence-electron chi connectivity index (χ0n) is 13.6. The van der Waals surface area contributed by atoms with E-state index < -0.39 is 6.10 Å². The molecule has 0 saturated carbocycles. The summed E-state index contributed by atoms with van der Waals surface area (Å²) in [7, 11) is 0. The molecule has 3 N–H and O–H groups in total. The largest absolute Gasteiger partial charge is 0.390 e. The summed E-state index contributed by atoms with van der Waals surface area (Å²) in [6.07, 6.45) is 3.49. The number of carbonyl (C=O) groups is 1. The average Bonchev–Trinajstić information content (AvgIpc) is 2.83. The molecule has 23 heavy (non-hydrogen) atoms. The fourth-order valence-electron chi connectivity index (χ4n) is 3.68.